The molecule has 1 heterocycles. The maximum absolute atomic E-state index is 10.9. The Bertz CT molecular complexity index is 594. The minimum Gasteiger partial charge on any atom is -0.478 e. The fourth-order valence-electron chi connectivity index (χ4n) is 2.01. The summed E-state index contributed by atoms with van der Waals surface area (Å²) in [6.45, 7) is 3.29. The third-order valence-corrected chi connectivity index (χ3v) is 3.27. The first-order valence-corrected chi connectivity index (χ1v) is 6.47. The monoisotopic (exact) mass is 277 g/mol. The van der Waals surface area contributed by atoms with Gasteiger partial charge in [-0.05, 0) is 25.2 Å². The molecule has 0 aliphatic heterocycles. The molecule has 1 aromatic carbocycles. The van der Waals surface area contributed by atoms with Gasteiger partial charge < -0.3 is 19.3 Å². The van der Waals surface area contributed by atoms with Crippen molar-refractivity contribution in [3.63, 3.8) is 0 Å². The molecule has 0 amide bonds. The first-order valence-electron chi connectivity index (χ1n) is 6.47. The van der Waals surface area contributed by atoms with Gasteiger partial charge in [-0.3, -0.25) is 0 Å². The zero-order chi connectivity index (χ0) is 14.5. The minimum absolute atomic E-state index is 0.264. The molecule has 0 fully saturated rings. The molecule has 6 heteroatoms. The van der Waals surface area contributed by atoms with Crippen LogP contribution in [0.4, 0.5) is 0 Å². The number of aromatic carboxylic acids is 1. The van der Waals surface area contributed by atoms with Gasteiger partial charge in [0.1, 0.15) is 0 Å². The number of fused-ring (bicyclic) bond motifs is 1. The Morgan fingerprint density at radius 3 is 2.95 bits per heavy atom. The summed E-state index contributed by atoms with van der Waals surface area (Å²) >= 11 is 0. The smallest absolute Gasteiger partial charge is 0.335 e. The van der Waals surface area contributed by atoms with E-state index in [0.717, 1.165) is 25.2 Å². The average molecular weight is 277 g/mol. The van der Waals surface area contributed by atoms with Crippen molar-refractivity contribution in [1.82, 2.24) is 14.5 Å². The number of hydrogen-bond donors (Lipinski definition) is 1. The molecule has 6 nitrogen and oxygen atoms in total. The number of carboxylic acids is 1. The van der Waals surface area contributed by atoms with Crippen LogP contribution in [0.25, 0.3) is 11.0 Å². The predicted octanol–water partition coefficient (Wildman–Crippen LogP) is 1.31. The lowest BCUT2D eigenvalue weighted by molar-refractivity contribution is 0.0697. The molecule has 0 saturated heterocycles. The van der Waals surface area contributed by atoms with Crippen molar-refractivity contribution in [2.75, 3.05) is 33.9 Å². The highest BCUT2D eigenvalue weighted by molar-refractivity contribution is 5.92. The van der Waals surface area contributed by atoms with E-state index < -0.39 is 5.97 Å². The van der Waals surface area contributed by atoms with Gasteiger partial charge in [-0.15, -0.1) is 0 Å². The van der Waals surface area contributed by atoms with E-state index in [-0.39, 0.29) is 5.56 Å². The lowest BCUT2D eigenvalue weighted by Crippen LogP contribution is -2.26. The zero-order valence-electron chi connectivity index (χ0n) is 11.7. The number of carbonyl (C=O) groups is 1. The largest absolute Gasteiger partial charge is 0.478 e. The zero-order valence-corrected chi connectivity index (χ0v) is 11.7. The van der Waals surface area contributed by atoms with Gasteiger partial charge in [0.2, 0.25) is 0 Å². The van der Waals surface area contributed by atoms with Crippen LogP contribution in [0.3, 0.4) is 0 Å². The molecule has 0 unspecified atom stereocenters. The van der Waals surface area contributed by atoms with Crippen molar-refractivity contribution in [3.8, 4) is 0 Å². The SMILES string of the molecule is COCCN(C)CCn1cnc2cc(C(=O)O)ccc21. The van der Waals surface area contributed by atoms with Crippen molar-refractivity contribution < 1.29 is 14.6 Å². The molecular formula is C14H19N3O3. The normalized spacial score (nSPS) is 11.3. The Kier molecular flexibility index (Phi) is 4.70. The third-order valence-electron chi connectivity index (χ3n) is 3.27. The van der Waals surface area contributed by atoms with Gasteiger partial charge in [-0.25, -0.2) is 9.78 Å². The van der Waals surface area contributed by atoms with E-state index in [1.807, 2.05) is 11.6 Å². The number of methoxy groups -OCH3 is 1. The van der Waals surface area contributed by atoms with Crippen LogP contribution in [0.5, 0.6) is 0 Å². The first-order chi connectivity index (χ1) is 9.61. The topological polar surface area (TPSA) is 67.6 Å². The molecule has 0 spiro atoms. The molecule has 0 aliphatic rings. The van der Waals surface area contributed by atoms with E-state index in [2.05, 4.69) is 9.88 Å². The molecule has 1 N–H and O–H groups in total. The molecule has 0 aliphatic carbocycles. The number of imidazole rings is 1. The van der Waals surface area contributed by atoms with Gasteiger partial charge in [0.15, 0.2) is 0 Å². The fraction of sp³-hybridized carbons (Fsp3) is 0.429. The standard InChI is InChI=1S/C14H19N3O3/c1-16(7-8-20-2)5-6-17-10-15-12-9-11(14(18)19)3-4-13(12)17/h3-4,9-10H,5-8H2,1-2H3,(H,18,19). The van der Waals surface area contributed by atoms with E-state index in [4.69, 9.17) is 9.84 Å². The average Bonchev–Trinajstić information content (AvgIpc) is 2.85. The van der Waals surface area contributed by atoms with Crippen LogP contribution in [0.1, 0.15) is 10.4 Å². The third kappa shape index (κ3) is 3.34. The van der Waals surface area contributed by atoms with Crippen LogP contribution in [0.15, 0.2) is 24.5 Å². The molecule has 0 bridgehead atoms. The summed E-state index contributed by atoms with van der Waals surface area (Å²) in [6.07, 6.45) is 1.75. The van der Waals surface area contributed by atoms with Crippen molar-refractivity contribution in [3.05, 3.63) is 30.1 Å². The van der Waals surface area contributed by atoms with Crippen LogP contribution in [-0.2, 0) is 11.3 Å². The number of hydrogen-bond acceptors (Lipinski definition) is 4. The van der Waals surface area contributed by atoms with Gasteiger partial charge in [0, 0.05) is 26.7 Å². The van der Waals surface area contributed by atoms with E-state index in [1.54, 1.807) is 31.6 Å². The summed E-state index contributed by atoms with van der Waals surface area (Å²) in [4.78, 5) is 17.4. The summed E-state index contributed by atoms with van der Waals surface area (Å²) in [5.74, 6) is -0.930. The molecule has 2 rings (SSSR count). The Hall–Kier alpha value is -1.92. The first kappa shape index (κ1) is 14.5. The number of carboxylic acid groups (broad SMARTS) is 1. The number of nitrogens with zero attached hydrogens (tertiary/aromatic N) is 3. The van der Waals surface area contributed by atoms with Gasteiger partial charge in [-0.2, -0.15) is 0 Å². The molecule has 0 atom stereocenters. The minimum atomic E-state index is -0.930. The van der Waals surface area contributed by atoms with Crippen molar-refractivity contribution in [2.45, 2.75) is 6.54 Å². The van der Waals surface area contributed by atoms with Crippen LogP contribution < -0.4 is 0 Å². The molecular weight excluding hydrogens is 258 g/mol. The molecule has 0 radical (unpaired) electrons. The van der Waals surface area contributed by atoms with Gasteiger partial charge in [-0.1, -0.05) is 0 Å². The lowest BCUT2D eigenvalue weighted by Gasteiger charge is -2.16. The summed E-state index contributed by atoms with van der Waals surface area (Å²) in [6, 6.07) is 5.02. The lowest BCUT2D eigenvalue weighted by atomic mass is 10.2. The van der Waals surface area contributed by atoms with E-state index in [0.29, 0.717) is 12.1 Å². The quantitative estimate of drug-likeness (QED) is 0.826. The Labute approximate surface area is 117 Å². The van der Waals surface area contributed by atoms with Gasteiger partial charge in [0.05, 0.1) is 29.5 Å². The fourth-order valence-corrected chi connectivity index (χ4v) is 2.01. The maximum Gasteiger partial charge on any atom is 0.335 e. The van der Waals surface area contributed by atoms with Crippen LogP contribution in [-0.4, -0.2) is 59.4 Å². The molecule has 2 aromatic rings. The number of ether oxygens (including phenoxy) is 1. The Morgan fingerprint density at radius 2 is 2.25 bits per heavy atom. The van der Waals surface area contributed by atoms with E-state index in [9.17, 15) is 4.79 Å². The van der Waals surface area contributed by atoms with Gasteiger partial charge >= 0.3 is 5.97 Å². The maximum atomic E-state index is 10.9. The second-order valence-electron chi connectivity index (χ2n) is 4.74. The van der Waals surface area contributed by atoms with Gasteiger partial charge in [0.25, 0.3) is 0 Å². The van der Waals surface area contributed by atoms with Crippen molar-refractivity contribution >= 4 is 17.0 Å². The second-order valence-corrected chi connectivity index (χ2v) is 4.74. The summed E-state index contributed by atoms with van der Waals surface area (Å²) in [5.41, 5.74) is 1.93. The second kappa shape index (κ2) is 6.49. The molecule has 0 saturated carbocycles. The van der Waals surface area contributed by atoms with Crippen LogP contribution in [0.2, 0.25) is 0 Å². The van der Waals surface area contributed by atoms with E-state index in [1.165, 1.54) is 0 Å². The summed E-state index contributed by atoms with van der Waals surface area (Å²) in [5, 5.41) is 8.96. The number of rotatable bonds is 7. The van der Waals surface area contributed by atoms with Crippen LogP contribution in [0, 0.1) is 0 Å². The highest BCUT2D eigenvalue weighted by atomic mass is 16.5. The van der Waals surface area contributed by atoms with E-state index >= 15 is 0 Å². The highest BCUT2D eigenvalue weighted by Crippen LogP contribution is 2.15. The van der Waals surface area contributed by atoms with Crippen molar-refractivity contribution in [1.29, 1.82) is 0 Å². The Morgan fingerprint density at radius 1 is 1.45 bits per heavy atom. The molecule has 108 valence electrons. The Balaban J connectivity index is 2.06. The molecule has 1 aromatic heterocycles. The summed E-state index contributed by atoms with van der Waals surface area (Å²) < 4.78 is 7.07. The van der Waals surface area contributed by atoms with Crippen LogP contribution >= 0.6 is 0 Å². The van der Waals surface area contributed by atoms with Crippen molar-refractivity contribution in [2.24, 2.45) is 0 Å². The summed E-state index contributed by atoms with van der Waals surface area (Å²) in [7, 11) is 3.73. The predicted molar refractivity (Wildman–Crippen MR) is 76.1 cm³/mol. The number of likely N-dealkylation sites (N-methyl/N-ethyl adjacent to an activating group) is 1. The number of benzene rings is 1. The molecule has 20 heavy (non-hydrogen) atoms. The number of aromatic nitrogens is 2. The highest BCUT2D eigenvalue weighted by Gasteiger charge is 2.08.